The fourth-order valence-electron chi connectivity index (χ4n) is 3.49. The van der Waals surface area contributed by atoms with Crippen LogP contribution in [-0.2, 0) is 18.3 Å². The first kappa shape index (κ1) is 15.8. The lowest BCUT2D eigenvalue weighted by molar-refractivity contribution is -0.126. The normalized spacial score (nSPS) is 25.0. The molecule has 23 heavy (non-hydrogen) atoms. The molecule has 7 heteroatoms. The Morgan fingerprint density at radius 1 is 1.39 bits per heavy atom. The van der Waals surface area contributed by atoms with Crippen LogP contribution in [0.3, 0.4) is 0 Å². The molecule has 0 aromatic carbocycles. The number of urea groups is 1. The van der Waals surface area contributed by atoms with Crippen molar-refractivity contribution < 1.29 is 9.59 Å². The van der Waals surface area contributed by atoms with E-state index in [1.54, 1.807) is 11.9 Å². The maximum absolute atomic E-state index is 12.4. The topological polar surface area (TPSA) is 70.5 Å². The molecule has 2 atom stereocenters. The maximum atomic E-state index is 12.4. The van der Waals surface area contributed by atoms with Crippen LogP contribution in [0, 0.1) is 5.92 Å². The van der Waals surface area contributed by atoms with Crippen LogP contribution in [0.4, 0.5) is 4.79 Å². The van der Waals surface area contributed by atoms with Crippen molar-refractivity contribution in [1.29, 1.82) is 0 Å². The Bertz CT molecular complexity index is 585. The maximum Gasteiger partial charge on any atom is 0.317 e. The monoisotopic (exact) mass is 319 g/mol. The summed E-state index contributed by atoms with van der Waals surface area (Å²) in [5.41, 5.74) is 0. The highest BCUT2D eigenvalue weighted by Gasteiger charge is 2.31. The first-order chi connectivity index (χ1) is 11.0. The van der Waals surface area contributed by atoms with E-state index in [1.165, 1.54) is 0 Å². The number of carbonyl (C=O) groups is 2. The zero-order valence-electron chi connectivity index (χ0n) is 13.9. The standard InChI is InChI=1S/C16H25N5O2/c1-19-7-5-17-14(19)8-12-4-3-6-21(10-12)16(23)18-13-9-15(22)20(2)11-13/h5,7,12-13H,3-4,6,8-11H2,1-2H3,(H,18,23)/t12-,13+/m0/s1. The number of likely N-dealkylation sites (N-methyl/N-ethyl adjacent to an activating group) is 1. The van der Waals surface area contributed by atoms with Crippen LogP contribution in [-0.4, -0.2) is 64.0 Å². The molecule has 0 saturated carbocycles. The van der Waals surface area contributed by atoms with E-state index in [0.717, 1.165) is 38.2 Å². The van der Waals surface area contributed by atoms with E-state index >= 15 is 0 Å². The molecule has 0 aliphatic carbocycles. The molecule has 3 amide bonds. The van der Waals surface area contributed by atoms with E-state index in [9.17, 15) is 9.59 Å². The Labute approximate surface area is 136 Å². The minimum Gasteiger partial charge on any atom is -0.344 e. The van der Waals surface area contributed by atoms with Crippen LogP contribution in [0.25, 0.3) is 0 Å². The molecular weight excluding hydrogens is 294 g/mol. The molecule has 0 radical (unpaired) electrons. The predicted octanol–water partition coefficient (Wildman–Crippen LogP) is 0.615. The lowest BCUT2D eigenvalue weighted by atomic mass is 9.94. The Hall–Kier alpha value is -2.05. The van der Waals surface area contributed by atoms with E-state index in [1.807, 2.05) is 28.9 Å². The number of nitrogens with one attached hydrogen (secondary N) is 1. The minimum absolute atomic E-state index is 0.0392. The SMILES string of the molecule is CN1C[C@H](NC(=O)N2CCC[C@@H](Cc3nccn3C)C2)CC1=O. The molecule has 0 unspecified atom stereocenters. The van der Waals surface area contributed by atoms with Gasteiger partial charge in [-0.1, -0.05) is 0 Å². The van der Waals surface area contributed by atoms with Crippen LogP contribution in [0.15, 0.2) is 12.4 Å². The van der Waals surface area contributed by atoms with E-state index < -0.39 is 0 Å². The summed E-state index contributed by atoms with van der Waals surface area (Å²) >= 11 is 0. The first-order valence-corrected chi connectivity index (χ1v) is 8.28. The molecule has 126 valence electrons. The van der Waals surface area contributed by atoms with Gasteiger partial charge in [-0.25, -0.2) is 9.78 Å². The summed E-state index contributed by atoms with van der Waals surface area (Å²) in [6, 6.07) is -0.0995. The van der Waals surface area contributed by atoms with Crippen LogP contribution >= 0.6 is 0 Å². The number of imidazole rings is 1. The highest BCUT2D eigenvalue weighted by molar-refractivity contribution is 5.81. The number of aromatic nitrogens is 2. The van der Waals surface area contributed by atoms with Gasteiger partial charge < -0.3 is 19.7 Å². The highest BCUT2D eigenvalue weighted by atomic mass is 16.2. The van der Waals surface area contributed by atoms with Gasteiger partial charge in [0.2, 0.25) is 5.91 Å². The van der Waals surface area contributed by atoms with Crippen molar-refractivity contribution in [3.8, 4) is 0 Å². The van der Waals surface area contributed by atoms with E-state index in [2.05, 4.69) is 10.3 Å². The van der Waals surface area contributed by atoms with Gasteiger partial charge in [0.15, 0.2) is 0 Å². The van der Waals surface area contributed by atoms with Crippen LogP contribution in [0.1, 0.15) is 25.1 Å². The fraction of sp³-hybridized carbons (Fsp3) is 0.688. The van der Waals surface area contributed by atoms with E-state index in [4.69, 9.17) is 0 Å². The first-order valence-electron chi connectivity index (χ1n) is 8.28. The van der Waals surface area contributed by atoms with Gasteiger partial charge in [0, 0.05) is 59.0 Å². The van der Waals surface area contributed by atoms with Gasteiger partial charge in [0.05, 0.1) is 6.04 Å². The summed E-state index contributed by atoms with van der Waals surface area (Å²) in [7, 11) is 3.78. The second-order valence-corrected chi connectivity index (χ2v) is 6.74. The van der Waals surface area contributed by atoms with Gasteiger partial charge in [-0.15, -0.1) is 0 Å². The summed E-state index contributed by atoms with van der Waals surface area (Å²) < 4.78 is 2.04. The van der Waals surface area contributed by atoms with Gasteiger partial charge >= 0.3 is 6.03 Å². The summed E-state index contributed by atoms with van der Waals surface area (Å²) in [5.74, 6) is 1.62. The van der Waals surface area contributed by atoms with Crippen LogP contribution < -0.4 is 5.32 Å². The number of amides is 3. The average Bonchev–Trinajstić information content (AvgIpc) is 3.06. The Kier molecular flexibility index (Phi) is 4.54. The van der Waals surface area contributed by atoms with Gasteiger partial charge in [0.1, 0.15) is 5.82 Å². The summed E-state index contributed by atoms with van der Waals surface area (Å²) in [4.78, 5) is 31.9. The molecule has 2 fully saturated rings. The number of likely N-dealkylation sites (tertiary alicyclic amines) is 2. The predicted molar refractivity (Wildman–Crippen MR) is 85.8 cm³/mol. The molecule has 0 spiro atoms. The van der Waals surface area contributed by atoms with Crippen molar-refractivity contribution in [1.82, 2.24) is 24.7 Å². The number of hydrogen-bond acceptors (Lipinski definition) is 3. The van der Waals surface area contributed by atoms with Gasteiger partial charge in [0.25, 0.3) is 0 Å². The van der Waals surface area contributed by atoms with Crippen molar-refractivity contribution in [2.45, 2.75) is 31.7 Å². The zero-order chi connectivity index (χ0) is 16.4. The Morgan fingerprint density at radius 2 is 2.22 bits per heavy atom. The third-order valence-electron chi connectivity index (χ3n) is 4.87. The van der Waals surface area contributed by atoms with Crippen LogP contribution in [0.5, 0.6) is 0 Å². The summed E-state index contributed by atoms with van der Waals surface area (Å²) in [6.07, 6.45) is 7.23. The number of rotatable bonds is 3. The van der Waals surface area contributed by atoms with Gasteiger partial charge in [-0.2, -0.15) is 0 Å². The molecule has 1 N–H and O–H groups in total. The average molecular weight is 319 g/mol. The fourth-order valence-corrected chi connectivity index (χ4v) is 3.49. The molecule has 2 aliphatic heterocycles. The quantitative estimate of drug-likeness (QED) is 0.887. The Morgan fingerprint density at radius 3 is 2.87 bits per heavy atom. The van der Waals surface area contributed by atoms with Crippen molar-refractivity contribution >= 4 is 11.9 Å². The second kappa shape index (κ2) is 6.60. The molecule has 3 rings (SSSR count). The highest BCUT2D eigenvalue weighted by Crippen LogP contribution is 2.20. The van der Waals surface area contributed by atoms with Crippen molar-refractivity contribution in [3.05, 3.63) is 18.2 Å². The number of piperidine rings is 1. The van der Waals surface area contributed by atoms with E-state index in [0.29, 0.717) is 18.9 Å². The third-order valence-corrected chi connectivity index (χ3v) is 4.87. The van der Waals surface area contributed by atoms with Crippen LogP contribution in [0.2, 0.25) is 0 Å². The Balaban J connectivity index is 1.52. The van der Waals surface area contributed by atoms with E-state index in [-0.39, 0.29) is 18.0 Å². The number of aryl methyl sites for hydroxylation is 1. The molecule has 7 nitrogen and oxygen atoms in total. The number of carbonyl (C=O) groups excluding carboxylic acids is 2. The third kappa shape index (κ3) is 3.65. The van der Waals surface area contributed by atoms with Crippen molar-refractivity contribution in [3.63, 3.8) is 0 Å². The molecule has 2 saturated heterocycles. The molecule has 2 aliphatic rings. The minimum atomic E-state index is -0.0603. The second-order valence-electron chi connectivity index (χ2n) is 6.74. The van der Waals surface area contributed by atoms with Gasteiger partial charge in [-0.3, -0.25) is 4.79 Å². The van der Waals surface area contributed by atoms with Crippen molar-refractivity contribution in [2.24, 2.45) is 13.0 Å². The van der Waals surface area contributed by atoms with Crippen molar-refractivity contribution in [2.75, 3.05) is 26.7 Å². The largest absolute Gasteiger partial charge is 0.344 e. The molecule has 1 aromatic heterocycles. The van der Waals surface area contributed by atoms with Gasteiger partial charge in [-0.05, 0) is 18.8 Å². The number of nitrogens with zero attached hydrogens (tertiary/aromatic N) is 4. The lowest BCUT2D eigenvalue weighted by Crippen LogP contribution is -2.49. The molecular formula is C16H25N5O2. The lowest BCUT2D eigenvalue weighted by Gasteiger charge is -2.33. The smallest absolute Gasteiger partial charge is 0.317 e. The molecule has 3 heterocycles. The summed E-state index contributed by atoms with van der Waals surface area (Å²) in [5, 5.41) is 3.00. The number of hydrogen-bond donors (Lipinski definition) is 1. The molecule has 1 aromatic rings. The molecule has 0 bridgehead atoms. The zero-order valence-corrected chi connectivity index (χ0v) is 13.9. The summed E-state index contributed by atoms with van der Waals surface area (Å²) in [6.45, 7) is 2.16.